The lowest BCUT2D eigenvalue weighted by Crippen LogP contribution is -2.51. The molecule has 1 N–H and O–H groups in total. The van der Waals surface area contributed by atoms with Crippen LogP contribution in [-0.4, -0.2) is 44.3 Å². The first-order chi connectivity index (χ1) is 18.9. The molecular formula is C32H41N3O4S. The van der Waals surface area contributed by atoms with Gasteiger partial charge in [-0.3, -0.25) is 13.9 Å². The van der Waals surface area contributed by atoms with E-state index in [1.165, 1.54) is 9.21 Å². The number of nitrogens with zero attached hydrogens (tertiary/aromatic N) is 2. The van der Waals surface area contributed by atoms with Crippen molar-refractivity contribution >= 4 is 27.5 Å². The van der Waals surface area contributed by atoms with Crippen LogP contribution in [0.2, 0.25) is 0 Å². The van der Waals surface area contributed by atoms with Crippen LogP contribution in [0.3, 0.4) is 0 Å². The molecule has 0 bridgehead atoms. The number of para-hydroxylation sites is 1. The Morgan fingerprint density at radius 3 is 2.17 bits per heavy atom. The highest BCUT2D eigenvalue weighted by Crippen LogP contribution is 2.28. The van der Waals surface area contributed by atoms with E-state index in [-0.39, 0.29) is 23.3 Å². The van der Waals surface area contributed by atoms with Crippen molar-refractivity contribution in [2.24, 2.45) is 5.92 Å². The SMILES string of the molecule is CCc1ccccc1N(CC(=O)N(Cc1cccc(C)c1)[C@@H](C)C(=O)NCC(C)C)S(=O)(=O)c1ccc(C)cc1. The molecule has 0 heterocycles. The number of carbonyl (C=O) groups excluding carboxylic acids is 2. The lowest BCUT2D eigenvalue weighted by molar-refractivity contribution is -0.139. The summed E-state index contributed by atoms with van der Waals surface area (Å²) in [4.78, 5) is 28.8. The molecule has 40 heavy (non-hydrogen) atoms. The van der Waals surface area contributed by atoms with E-state index in [0.717, 1.165) is 22.3 Å². The van der Waals surface area contributed by atoms with Crippen LogP contribution in [0.4, 0.5) is 5.69 Å². The first-order valence-corrected chi connectivity index (χ1v) is 15.2. The van der Waals surface area contributed by atoms with Gasteiger partial charge in [-0.2, -0.15) is 0 Å². The van der Waals surface area contributed by atoms with E-state index in [1.54, 1.807) is 43.3 Å². The Morgan fingerprint density at radius 1 is 0.875 bits per heavy atom. The molecule has 0 aliphatic carbocycles. The number of aryl methyl sites for hydroxylation is 3. The van der Waals surface area contributed by atoms with Gasteiger partial charge in [0.2, 0.25) is 11.8 Å². The van der Waals surface area contributed by atoms with Crippen LogP contribution >= 0.6 is 0 Å². The maximum Gasteiger partial charge on any atom is 0.264 e. The molecule has 214 valence electrons. The van der Waals surface area contributed by atoms with Crippen LogP contribution in [0.1, 0.15) is 49.9 Å². The molecule has 0 saturated heterocycles. The van der Waals surface area contributed by atoms with Gasteiger partial charge in [0.1, 0.15) is 12.6 Å². The second kappa shape index (κ2) is 13.6. The zero-order valence-electron chi connectivity index (χ0n) is 24.3. The summed E-state index contributed by atoms with van der Waals surface area (Å²) >= 11 is 0. The van der Waals surface area contributed by atoms with Crippen molar-refractivity contribution < 1.29 is 18.0 Å². The summed E-state index contributed by atoms with van der Waals surface area (Å²) in [5.41, 5.74) is 4.08. The zero-order chi connectivity index (χ0) is 29.4. The highest BCUT2D eigenvalue weighted by molar-refractivity contribution is 7.92. The molecule has 0 spiro atoms. The van der Waals surface area contributed by atoms with Crippen molar-refractivity contribution in [3.05, 3.63) is 95.1 Å². The van der Waals surface area contributed by atoms with Crippen LogP contribution in [0.25, 0.3) is 0 Å². The number of anilines is 1. The number of benzene rings is 3. The normalized spacial score (nSPS) is 12.2. The van der Waals surface area contributed by atoms with Gasteiger partial charge in [-0.25, -0.2) is 8.42 Å². The van der Waals surface area contributed by atoms with Gasteiger partial charge in [0, 0.05) is 13.1 Å². The number of nitrogens with one attached hydrogen (secondary N) is 1. The standard InChI is InChI=1S/C32H41N3O4S/c1-7-28-13-8-9-14-30(28)35(40(38,39)29-17-15-24(4)16-18-29)22-31(36)34(21-27-12-10-11-25(5)19-27)26(6)32(37)33-20-23(2)3/h8-19,23,26H,7,20-22H2,1-6H3,(H,33,37)/t26-/m0/s1. The van der Waals surface area contributed by atoms with Crippen LogP contribution in [0, 0.1) is 19.8 Å². The molecule has 3 rings (SSSR count). The highest BCUT2D eigenvalue weighted by Gasteiger charge is 2.33. The maximum atomic E-state index is 14.1. The predicted octanol–water partition coefficient (Wildman–Crippen LogP) is 5.25. The Hall–Kier alpha value is -3.65. The lowest BCUT2D eigenvalue weighted by atomic mass is 10.1. The Balaban J connectivity index is 2.05. The number of sulfonamides is 1. The van der Waals surface area contributed by atoms with E-state index in [4.69, 9.17) is 0 Å². The number of rotatable bonds is 12. The van der Waals surface area contributed by atoms with E-state index in [1.807, 2.05) is 71.0 Å². The van der Waals surface area contributed by atoms with Crippen molar-refractivity contribution in [3.8, 4) is 0 Å². The minimum atomic E-state index is -4.09. The molecule has 7 nitrogen and oxygen atoms in total. The zero-order valence-corrected chi connectivity index (χ0v) is 25.2. The average molecular weight is 564 g/mol. The van der Waals surface area contributed by atoms with Gasteiger partial charge in [-0.15, -0.1) is 0 Å². The van der Waals surface area contributed by atoms with Crippen molar-refractivity contribution in [2.75, 3.05) is 17.4 Å². The van der Waals surface area contributed by atoms with Crippen molar-refractivity contribution in [1.82, 2.24) is 10.2 Å². The number of amides is 2. The van der Waals surface area contributed by atoms with Gasteiger partial charge in [0.15, 0.2) is 0 Å². The first kappa shape index (κ1) is 30.9. The summed E-state index contributed by atoms with van der Waals surface area (Å²) < 4.78 is 29.2. The summed E-state index contributed by atoms with van der Waals surface area (Å²) in [7, 11) is -4.09. The van der Waals surface area contributed by atoms with Crippen molar-refractivity contribution in [3.63, 3.8) is 0 Å². The second-order valence-corrected chi connectivity index (χ2v) is 12.5. The van der Waals surface area contributed by atoms with Crippen LogP contribution in [0.5, 0.6) is 0 Å². The minimum absolute atomic E-state index is 0.102. The van der Waals surface area contributed by atoms with Crippen molar-refractivity contribution in [2.45, 2.75) is 65.4 Å². The number of hydrogen-bond acceptors (Lipinski definition) is 4. The third-order valence-electron chi connectivity index (χ3n) is 6.82. The van der Waals surface area contributed by atoms with Gasteiger partial charge < -0.3 is 10.2 Å². The summed E-state index contributed by atoms with van der Waals surface area (Å²) in [5, 5.41) is 2.91. The monoisotopic (exact) mass is 563 g/mol. The molecule has 2 amide bonds. The van der Waals surface area contributed by atoms with E-state index < -0.39 is 28.5 Å². The number of hydrogen-bond donors (Lipinski definition) is 1. The van der Waals surface area contributed by atoms with Gasteiger partial charge in [0.25, 0.3) is 10.0 Å². The number of carbonyl (C=O) groups is 2. The van der Waals surface area contributed by atoms with Crippen LogP contribution in [-0.2, 0) is 32.6 Å². The van der Waals surface area contributed by atoms with E-state index in [2.05, 4.69) is 5.32 Å². The third-order valence-corrected chi connectivity index (χ3v) is 8.59. The van der Waals surface area contributed by atoms with Crippen LogP contribution < -0.4 is 9.62 Å². The molecule has 0 aliphatic rings. The summed E-state index contributed by atoms with van der Waals surface area (Å²) in [5.74, 6) is -0.496. The fourth-order valence-electron chi connectivity index (χ4n) is 4.45. The smallest absolute Gasteiger partial charge is 0.264 e. The molecule has 1 atom stereocenters. The van der Waals surface area contributed by atoms with E-state index >= 15 is 0 Å². The van der Waals surface area contributed by atoms with Gasteiger partial charge in [-0.05, 0) is 62.4 Å². The van der Waals surface area contributed by atoms with Crippen molar-refractivity contribution in [1.29, 1.82) is 0 Å². The predicted molar refractivity (Wildman–Crippen MR) is 161 cm³/mol. The molecule has 0 aromatic heterocycles. The molecular weight excluding hydrogens is 522 g/mol. The van der Waals surface area contributed by atoms with Gasteiger partial charge >= 0.3 is 0 Å². The second-order valence-electron chi connectivity index (χ2n) is 10.6. The fourth-order valence-corrected chi connectivity index (χ4v) is 5.90. The Bertz CT molecular complexity index is 1420. The molecule has 0 radical (unpaired) electrons. The van der Waals surface area contributed by atoms with Gasteiger partial charge in [0.05, 0.1) is 10.6 Å². The Labute approximate surface area is 239 Å². The van der Waals surface area contributed by atoms with E-state index in [0.29, 0.717) is 18.7 Å². The van der Waals surface area contributed by atoms with Gasteiger partial charge in [-0.1, -0.05) is 86.5 Å². The minimum Gasteiger partial charge on any atom is -0.354 e. The fraction of sp³-hybridized carbons (Fsp3) is 0.375. The Kier molecular flexibility index (Phi) is 10.5. The quantitative estimate of drug-likeness (QED) is 0.326. The Morgan fingerprint density at radius 2 is 1.55 bits per heavy atom. The third kappa shape index (κ3) is 7.72. The molecule has 3 aromatic rings. The molecule has 0 unspecified atom stereocenters. The maximum absolute atomic E-state index is 14.1. The molecule has 0 fully saturated rings. The largest absolute Gasteiger partial charge is 0.354 e. The average Bonchev–Trinajstić information content (AvgIpc) is 2.93. The molecule has 0 aliphatic heterocycles. The lowest BCUT2D eigenvalue weighted by Gasteiger charge is -2.32. The van der Waals surface area contributed by atoms with Crippen LogP contribution in [0.15, 0.2) is 77.7 Å². The first-order valence-electron chi connectivity index (χ1n) is 13.7. The molecule has 8 heteroatoms. The summed E-state index contributed by atoms with van der Waals surface area (Å²) in [6, 6.07) is 20.7. The molecule has 0 saturated carbocycles. The molecule has 3 aromatic carbocycles. The van der Waals surface area contributed by atoms with E-state index in [9.17, 15) is 18.0 Å². The summed E-state index contributed by atoms with van der Waals surface area (Å²) in [6.45, 7) is 11.7. The summed E-state index contributed by atoms with van der Waals surface area (Å²) in [6.07, 6.45) is 0.589. The highest BCUT2D eigenvalue weighted by atomic mass is 32.2. The topological polar surface area (TPSA) is 86.8 Å².